The number of hydrogen-bond acceptors (Lipinski definition) is 2. The number of benzene rings is 6. The topological polar surface area (TPSA) is 29.9 Å². The summed E-state index contributed by atoms with van der Waals surface area (Å²) >= 11 is 0. The predicted octanol–water partition coefficient (Wildman–Crippen LogP) is 8.18. The fraction of sp³-hybridized carbons (Fsp3) is 0.0250. The Kier molecular flexibility index (Phi) is 7.82. The van der Waals surface area contributed by atoms with Crippen molar-refractivity contribution >= 4 is 29.1 Å². The molecule has 7 aromatic rings. The molecular weight excluding hydrogens is 572 g/mol. The summed E-state index contributed by atoms with van der Waals surface area (Å²) in [5.74, 6) is 0.463. The van der Waals surface area contributed by atoms with Gasteiger partial charge in [-0.05, 0) is 53.1 Å². The number of anilines is 1. The van der Waals surface area contributed by atoms with Crippen molar-refractivity contribution in [1.82, 2.24) is 9.55 Å². The second-order valence-electron chi connectivity index (χ2n) is 10.9. The van der Waals surface area contributed by atoms with Crippen molar-refractivity contribution in [3.8, 4) is 0 Å². The van der Waals surface area contributed by atoms with Gasteiger partial charge in [0.2, 0.25) is 7.41 Å². The SMILES string of the molecule is Fc1nc(N[P+](c2ccccc2)(c2ccccc2)c2ccccc2)cn1C(c1ccccc1)(c1ccccc1)c1ccccc1. The van der Waals surface area contributed by atoms with Gasteiger partial charge in [0, 0.05) is 0 Å². The van der Waals surface area contributed by atoms with Crippen molar-refractivity contribution in [3.63, 3.8) is 0 Å². The van der Waals surface area contributed by atoms with E-state index < -0.39 is 19.0 Å². The molecular formula is C40H32FN3P+. The fourth-order valence-corrected chi connectivity index (χ4v) is 9.96. The van der Waals surface area contributed by atoms with E-state index in [2.05, 4.69) is 119 Å². The van der Waals surface area contributed by atoms with Crippen molar-refractivity contribution in [2.45, 2.75) is 5.54 Å². The van der Waals surface area contributed by atoms with Crippen LogP contribution in [0.25, 0.3) is 0 Å². The van der Waals surface area contributed by atoms with Crippen molar-refractivity contribution in [3.05, 3.63) is 211 Å². The van der Waals surface area contributed by atoms with Gasteiger partial charge in [0.05, 0.1) is 6.20 Å². The summed E-state index contributed by atoms with van der Waals surface area (Å²) in [6.07, 6.45) is 1.26. The monoisotopic (exact) mass is 604 g/mol. The summed E-state index contributed by atoms with van der Waals surface area (Å²) in [5, 5.41) is 7.24. The van der Waals surface area contributed by atoms with E-state index in [9.17, 15) is 0 Å². The van der Waals surface area contributed by atoms with Gasteiger partial charge in [0.15, 0.2) is 5.82 Å². The molecule has 0 unspecified atom stereocenters. The van der Waals surface area contributed by atoms with Gasteiger partial charge in [-0.25, -0.2) is 5.09 Å². The first kappa shape index (κ1) is 28.5. The molecule has 0 saturated carbocycles. The maximum absolute atomic E-state index is 16.8. The summed E-state index contributed by atoms with van der Waals surface area (Å²) in [5.41, 5.74) is 1.77. The van der Waals surface area contributed by atoms with Crippen LogP contribution in [0.15, 0.2) is 188 Å². The molecule has 0 aliphatic heterocycles. The zero-order chi connectivity index (χ0) is 30.5. The number of nitrogens with one attached hydrogen (secondary N) is 1. The third-order valence-electron chi connectivity index (χ3n) is 8.31. The fourth-order valence-electron chi connectivity index (χ4n) is 6.37. The summed E-state index contributed by atoms with van der Waals surface area (Å²) in [7, 11) is -2.54. The number of nitrogens with zero attached hydrogens (tertiary/aromatic N) is 2. The lowest BCUT2D eigenvalue weighted by Crippen LogP contribution is -2.38. The smallest absolute Gasteiger partial charge is 0.287 e. The third-order valence-corrected chi connectivity index (χ3v) is 12.1. The third kappa shape index (κ3) is 5.04. The zero-order valence-corrected chi connectivity index (χ0v) is 25.5. The quantitative estimate of drug-likeness (QED) is 0.133. The molecule has 0 aliphatic rings. The Labute approximate surface area is 264 Å². The molecule has 0 saturated heterocycles. The number of hydrogen-bond donors (Lipinski definition) is 1. The van der Waals surface area contributed by atoms with Crippen LogP contribution in [-0.2, 0) is 5.54 Å². The number of rotatable bonds is 9. The molecule has 0 atom stereocenters. The number of imidazole rings is 1. The van der Waals surface area contributed by atoms with Crippen LogP contribution in [0.1, 0.15) is 16.7 Å². The molecule has 45 heavy (non-hydrogen) atoms. The number of aromatic nitrogens is 2. The van der Waals surface area contributed by atoms with Gasteiger partial charge in [-0.3, -0.25) is 4.57 Å². The second kappa shape index (κ2) is 12.4. The molecule has 0 amide bonds. The molecule has 1 heterocycles. The summed E-state index contributed by atoms with van der Waals surface area (Å²) < 4.78 is 18.5. The van der Waals surface area contributed by atoms with Gasteiger partial charge in [-0.1, -0.05) is 146 Å². The van der Waals surface area contributed by atoms with Crippen molar-refractivity contribution in [2.24, 2.45) is 0 Å². The highest BCUT2D eigenvalue weighted by Gasteiger charge is 2.48. The van der Waals surface area contributed by atoms with Gasteiger partial charge in [0.1, 0.15) is 21.5 Å². The highest BCUT2D eigenvalue weighted by atomic mass is 31.2. The van der Waals surface area contributed by atoms with E-state index in [0.717, 1.165) is 32.6 Å². The predicted molar refractivity (Wildman–Crippen MR) is 186 cm³/mol. The van der Waals surface area contributed by atoms with E-state index in [1.165, 1.54) is 0 Å². The van der Waals surface area contributed by atoms with Crippen LogP contribution >= 0.6 is 7.41 Å². The van der Waals surface area contributed by atoms with E-state index in [-0.39, 0.29) is 0 Å². The molecule has 218 valence electrons. The van der Waals surface area contributed by atoms with Crippen molar-refractivity contribution < 1.29 is 4.39 Å². The van der Waals surface area contributed by atoms with Gasteiger partial charge in [-0.2, -0.15) is 9.37 Å². The standard InChI is InChI=1S/C40H32FN3P/c41-39-42-38(43-45(35-25-13-4-14-26-35,36-27-15-5-16-28-36)37-29-17-6-18-30-37)31-44(39)40(32-19-7-1-8-20-32,33-21-9-2-10-22-33)34-23-11-3-12-24-34/h1-31,43H/q+1. The summed E-state index contributed by atoms with van der Waals surface area (Å²) in [6, 6.07) is 61.6. The minimum absolute atomic E-state index is 0.463. The molecule has 6 aromatic carbocycles. The minimum atomic E-state index is -2.54. The highest BCUT2D eigenvalue weighted by Crippen LogP contribution is 2.55. The first-order valence-corrected chi connectivity index (χ1v) is 16.8. The summed E-state index contributed by atoms with van der Waals surface area (Å²) in [6.45, 7) is 0. The summed E-state index contributed by atoms with van der Waals surface area (Å²) in [4.78, 5) is 4.63. The van der Waals surface area contributed by atoms with Gasteiger partial charge in [0.25, 0.3) is 6.08 Å². The van der Waals surface area contributed by atoms with Crippen LogP contribution in [0.2, 0.25) is 0 Å². The Morgan fingerprint density at radius 2 is 0.778 bits per heavy atom. The van der Waals surface area contributed by atoms with Crippen molar-refractivity contribution in [1.29, 1.82) is 0 Å². The Balaban J connectivity index is 1.49. The van der Waals surface area contributed by atoms with E-state index >= 15 is 4.39 Å². The normalized spacial score (nSPS) is 11.7. The molecule has 0 aliphatic carbocycles. The lowest BCUT2D eigenvalue weighted by molar-refractivity contribution is 0.397. The maximum atomic E-state index is 16.8. The average Bonchev–Trinajstić information content (AvgIpc) is 3.49. The molecule has 5 heteroatoms. The molecule has 3 nitrogen and oxygen atoms in total. The van der Waals surface area contributed by atoms with E-state index in [0.29, 0.717) is 5.82 Å². The Morgan fingerprint density at radius 3 is 1.11 bits per heavy atom. The molecule has 0 radical (unpaired) electrons. The molecule has 1 aromatic heterocycles. The molecule has 7 rings (SSSR count). The van der Waals surface area contributed by atoms with Crippen LogP contribution < -0.4 is 21.0 Å². The molecule has 0 spiro atoms. The maximum Gasteiger partial charge on any atom is 0.292 e. The molecule has 0 bridgehead atoms. The first-order valence-electron chi connectivity index (χ1n) is 15.0. The first-order chi connectivity index (χ1) is 22.2. The average molecular weight is 605 g/mol. The number of halogens is 1. The van der Waals surface area contributed by atoms with E-state index in [1.54, 1.807) is 4.57 Å². The lowest BCUT2D eigenvalue weighted by atomic mass is 9.77. The largest absolute Gasteiger partial charge is 0.292 e. The van der Waals surface area contributed by atoms with Gasteiger partial charge >= 0.3 is 0 Å². The van der Waals surface area contributed by atoms with Gasteiger partial charge in [-0.15, -0.1) is 0 Å². The van der Waals surface area contributed by atoms with Crippen LogP contribution in [0, 0.1) is 6.08 Å². The molecule has 1 N–H and O–H groups in total. The molecule has 0 fully saturated rings. The highest BCUT2D eigenvalue weighted by molar-refractivity contribution is 7.96. The van der Waals surface area contributed by atoms with Crippen LogP contribution in [0.3, 0.4) is 0 Å². The van der Waals surface area contributed by atoms with Gasteiger partial charge < -0.3 is 0 Å². The Bertz CT molecular complexity index is 1770. The Hall–Kier alpha value is -5.31. The zero-order valence-electron chi connectivity index (χ0n) is 24.6. The second-order valence-corrected chi connectivity index (χ2v) is 14.0. The van der Waals surface area contributed by atoms with Crippen LogP contribution in [0.4, 0.5) is 10.2 Å². The van der Waals surface area contributed by atoms with Crippen molar-refractivity contribution in [2.75, 3.05) is 5.09 Å². The van der Waals surface area contributed by atoms with E-state index in [4.69, 9.17) is 0 Å². The van der Waals surface area contributed by atoms with E-state index in [1.807, 2.05) is 79.0 Å². The minimum Gasteiger partial charge on any atom is -0.287 e. The lowest BCUT2D eigenvalue weighted by Gasteiger charge is -2.37. The van der Waals surface area contributed by atoms with Crippen LogP contribution in [-0.4, -0.2) is 9.55 Å². The Morgan fingerprint density at radius 1 is 0.467 bits per heavy atom. The van der Waals surface area contributed by atoms with Crippen LogP contribution in [0.5, 0.6) is 0 Å².